The third-order valence-corrected chi connectivity index (χ3v) is 5.19. The molecule has 5 nitrogen and oxygen atoms in total. The van der Waals surface area contributed by atoms with E-state index in [9.17, 15) is 8.42 Å². The second-order valence-electron chi connectivity index (χ2n) is 7.17. The van der Waals surface area contributed by atoms with E-state index >= 15 is 0 Å². The maximum absolute atomic E-state index is 12.6. The Kier molecular flexibility index (Phi) is 5.52. The van der Waals surface area contributed by atoms with Crippen molar-refractivity contribution in [3.8, 4) is 0 Å². The lowest BCUT2D eigenvalue weighted by molar-refractivity contribution is -0.870. The van der Waals surface area contributed by atoms with Crippen LogP contribution in [0.2, 0.25) is 0 Å². The van der Waals surface area contributed by atoms with Gasteiger partial charge in [-0.15, -0.1) is 0 Å². The Morgan fingerprint density at radius 3 is 2.25 bits per heavy atom. The number of hydrogen-bond acceptors (Lipinski definition) is 4. The third kappa shape index (κ3) is 4.47. The predicted octanol–water partition coefficient (Wildman–Crippen LogP) is 2.71. The van der Waals surface area contributed by atoms with E-state index in [4.69, 9.17) is 4.18 Å². The van der Waals surface area contributed by atoms with E-state index in [0.29, 0.717) is 11.8 Å². The van der Waals surface area contributed by atoms with Gasteiger partial charge in [-0.3, -0.25) is 4.18 Å². The van der Waals surface area contributed by atoms with Gasteiger partial charge in [0.25, 0.3) is 10.1 Å². The molecule has 0 saturated heterocycles. The van der Waals surface area contributed by atoms with Gasteiger partial charge in [-0.1, -0.05) is 24.3 Å². The number of quaternary nitrogens is 1. The first kappa shape index (κ1) is 18.7. The molecule has 0 bridgehead atoms. The molecule has 0 radical (unpaired) electrons. The Balaban J connectivity index is 2.29. The van der Waals surface area contributed by atoms with Gasteiger partial charge >= 0.3 is 0 Å². The van der Waals surface area contributed by atoms with Gasteiger partial charge in [0, 0.05) is 37.0 Å². The van der Waals surface area contributed by atoms with Crippen LogP contribution in [0.1, 0.15) is 6.42 Å². The van der Waals surface area contributed by atoms with Gasteiger partial charge in [-0.25, -0.2) is 0 Å². The van der Waals surface area contributed by atoms with Crippen molar-refractivity contribution < 1.29 is 17.1 Å². The zero-order valence-electron chi connectivity index (χ0n) is 15.1. The van der Waals surface area contributed by atoms with E-state index in [-0.39, 0.29) is 11.5 Å². The van der Waals surface area contributed by atoms with Crippen LogP contribution in [-0.2, 0) is 14.3 Å². The van der Waals surface area contributed by atoms with Gasteiger partial charge < -0.3 is 9.38 Å². The minimum absolute atomic E-state index is 0.196. The standard InChI is InChI=1S/C18H27N2O3S/c1-19(2)17-11-6-10-16-15(17)9-7-12-18(16)24(21,22)23-14-8-13-20(3,4)5/h6-7,9-12H,8,13-14H2,1-5H3/q+1. The fourth-order valence-electron chi connectivity index (χ4n) is 2.64. The van der Waals surface area contributed by atoms with E-state index in [1.165, 1.54) is 0 Å². The molecule has 0 aromatic heterocycles. The predicted molar refractivity (Wildman–Crippen MR) is 98.9 cm³/mol. The summed E-state index contributed by atoms with van der Waals surface area (Å²) in [6.45, 7) is 1.05. The third-order valence-electron chi connectivity index (χ3n) is 3.82. The number of hydrogen-bond donors (Lipinski definition) is 0. The van der Waals surface area contributed by atoms with Crippen molar-refractivity contribution in [3.63, 3.8) is 0 Å². The Labute approximate surface area is 145 Å². The highest BCUT2D eigenvalue weighted by molar-refractivity contribution is 7.87. The van der Waals surface area contributed by atoms with Gasteiger partial charge in [0.15, 0.2) is 0 Å². The summed E-state index contributed by atoms with van der Waals surface area (Å²) in [6.07, 6.45) is 0.691. The second kappa shape index (κ2) is 7.09. The van der Waals surface area contributed by atoms with Gasteiger partial charge in [-0.05, 0) is 12.1 Å². The number of benzene rings is 2. The minimum atomic E-state index is -3.77. The lowest BCUT2D eigenvalue weighted by Gasteiger charge is -2.23. The van der Waals surface area contributed by atoms with Crippen molar-refractivity contribution in [2.24, 2.45) is 0 Å². The molecule has 2 aromatic rings. The highest BCUT2D eigenvalue weighted by Gasteiger charge is 2.20. The fourth-order valence-corrected chi connectivity index (χ4v) is 3.80. The van der Waals surface area contributed by atoms with Crippen LogP contribution >= 0.6 is 0 Å². The van der Waals surface area contributed by atoms with Crippen LogP contribution in [0.3, 0.4) is 0 Å². The molecule has 0 heterocycles. The summed E-state index contributed by atoms with van der Waals surface area (Å²) in [5.74, 6) is 0. The summed E-state index contributed by atoms with van der Waals surface area (Å²) in [5.41, 5.74) is 0.981. The number of anilines is 1. The van der Waals surface area contributed by atoms with E-state index in [0.717, 1.165) is 22.1 Å². The molecule has 0 fully saturated rings. The Morgan fingerprint density at radius 1 is 1.00 bits per heavy atom. The molecule has 2 aromatic carbocycles. The van der Waals surface area contributed by atoms with Crippen LogP contribution in [0.25, 0.3) is 10.8 Å². The Bertz CT molecular complexity index is 809. The van der Waals surface area contributed by atoms with Crippen molar-refractivity contribution in [2.45, 2.75) is 11.3 Å². The SMILES string of the molecule is CN(C)c1cccc2c(S(=O)(=O)OCCC[N+](C)(C)C)cccc12. The van der Waals surface area contributed by atoms with Gasteiger partial charge in [-0.2, -0.15) is 8.42 Å². The summed E-state index contributed by atoms with van der Waals surface area (Å²) >= 11 is 0. The summed E-state index contributed by atoms with van der Waals surface area (Å²) in [5, 5.41) is 1.59. The van der Waals surface area contributed by atoms with E-state index in [1.807, 2.05) is 43.3 Å². The smallest absolute Gasteiger partial charge is 0.297 e. The fraction of sp³-hybridized carbons (Fsp3) is 0.444. The molecule has 2 rings (SSSR count). The van der Waals surface area contributed by atoms with Crippen LogP contribution in [0.5, 0.6) is 0 Å². The summed E-state index contributed by atoms with van der Waals surface area (Å²) in [6, 6.07) is 11.0. The Hall–Kier alpha value is -1.63. The second-order valence-corrected chi connectivity index (χ2v) is 8.75. The molecular formula is C18H27N2O3S+. The molecule has 0 atom stereocenters. The molecule has 0 aliphatic rings. The van der Waals surface area contributed by atoms with Crippen LogP contribution < -0.4 is 4.90 Å². The lowest BCUT2D eigenvalue weighted by atomic mass is 10.1. The first-order valence-electron chi connectivity index (χ1n) is 8.01. The van der Waals surface area contributed by atoms with E-state index < -0.39 is 10.1 Å². The van der Waals surface area contributed by atoms with Crippen LogP contribution in [0.4, 0.5) is 5.69 Å². The molecule has 0 amide bonds. The largest absolute Gasteiger partial charge is 0.377 e. The first-order valence-corrected chi connectivity index (χ1v) is 9.41. The monoisotopic (exact) mass is 351 g/mol. The van der Waals surface area contributed by atoms with E-state index in [2.05, 4.69) is 21.1 Å². The molecule has 0 N–H and O–H groups in total. The van der Waals surface area contributed by atoms with Crippen LogP contribution in [0, 0.1) is 0 Å². The number of rotatable bonds is 7. The quantitative estimate of drug-likeness (QED) is 0.437. The molecule has 0 aliphatic carbocycles. The summed E-state index contributed by atoms with van der Waals surface area (Å²) in [7, 11) is 6.33. The van der Waals surface area contributed by atoms with Crippen molar-refractivity contribution in [1.82, 2.24) is 0 Å². The van der Waals surface area contributed by atoms with E-state index in [1.54, 1.807) is 12.1 Å². The molecular weight excluding hydrogens is 324 g/mol. The number of nitrogens with zero attached hydrogens (tertiary/aromatic N) is 2. The number of fused-ring (bicyclic) bond motifs is 1. The van der Waals surface area contributed by atoms with Gasteiger partial charge in [0.1, 0.15) is 4.90 Å². The minimum Gasteiger partial charge on any atom is -0.377 e. The first-order chi connectivity index (χ1) is 11.1. The van der Waals surface area contributed by atoms with Crippen molar-refractivity contribution in [2.75, 3.05) is 53.3 Å². The maximum Gasteiger partial charge on any atom is 0.297 e. The highest BCUT2D eigenvalue weighted by Crippen LogP contribution is 2.30. The van der Waals surface area contributed by atoms with Crippen molar-refractivity contribution >= 4 is 26.6 Å². The van der Waals surface area contributed by atoms with Gasteiger partial charge in [0.05, 0.1) is 34.3 Å². The molecule has 0 saturated carbocycles. The summed E-state index contributed by atoms with van der Waals surface area (Å²) in [4.78, 5) is 2.20. The van der Waals surface area contributed by atoms with Crippen molar-refractivity contribution in [3.05, 3.63) is 36.4 Å². The topological polar surface area (TPSA) is 46.6 Å². The molecule has 132 valence electrons. The highest BCUT2D eigenvalue weighted by atomic mass is 32.2. The molecule has 6 heteroatoms. The van der Waals surface area contributed by atoms with Crippen LogP contribution in [-0.4, -0.2) is 61.3 Å². The normalized spacial score (nSPS) is 12.5. The zero-order valence-corrected chi connectivity index (χ0v) is 15.9. The lowest BCUT2D eigenvalue weighted by Crippen LogP contribution is -2.35. The van der Waals surface area contributed by atoms with Gasteiger partial charge in [0.2, 0.25) is 0 Å². The average Bonchev–Trinajstić information content (AvgIpc) is 2.49. The maximum atomic E-state index is 12.6. The Morgan fingerprint density at radius 2 is 1.62 bits per heavy atom. The average molecular weight is 351 g/mol. The zero-order chi connectivity index (χ0) is 18.0. The molecule has 0 spiro atoms. The molecule has 0 aliphatic heterocycles. The summed E-state index contributed by atoms with van der Waals surface area (Å²) < 4.78 is 31.3. The van der Waals surface area contributed by atoms with Crippen LogP contribution in [0.15, 0.2) is 41.3 Å². The molecule has 0 unspecified atom stereocenters. The van der Waals surface area contributed by atoms with Crippen molar-refractivity contribution in [1.29, 1.82) is 0 Å². The molecule has 24 heavy (non-hydrogen) atoms.